The van der Waals surface area contributed by atoms with Gasteiger partial charge in [0.2, 0.25) is 0 Å². The average molecular weight is 282 g/mol. The number of rotatable bonds is 4. The van der Waals surface area contributed by atoms with Gasteiger partial charge >= 0.3 is 85.0 Å². The molecule has 1 aliphatic heterocycles. The molecule has 74 valence electrons. The van der Waals surface area contributed by atoms with Gasteiger partial charge in [0, 0.05) is 0 Å². The second-order valence-electron chi connectivity index (χ2n) is 4.23. The molecule has 0 radical (unpaired) electrons. The third-order valence-electron chi connectivity index (χ3n) is 3.46. The molecule has 1 saturated heterocycles. The van der Waals surface area contributed by atoms with E-state index in [0.29, 0.717) is 0 Å². The van der Waals surface area contributed by atoms with Crippen molar-refractivity contribution < 1.29 is 0 Å². The van der Waals surface area contributed by atoms with E-state index in [1.807, 2.05) is 0 Å². The Morgan fingerprint density at radius 2 is 1.75 bits per heavy atom. The minimum atomic E-state index is -0.296. The van der Waals surface area contributed by atoms with Crippen LogP contribution in [0.15, 0.2) is 0 Å². The van der Waals surface area contributed by atoms with Gasteiger partial charge in [0.1, 0.15) is 0 Å². The van der Waals surface area contributed by atoms with Gasteiger partial charge in [-0.25, -0.2) is 0 Å². The molecule has 1 heterocycles. The van der Waals surface area contributed by atoms with E-state index in [9.17, 15) is 0 Å². The van der Waals surface area contributed by atoms with Gasteiger partial charge in [0.05, 0.1) is 0 Å². The van der Waals surface area contributed by atoms with E-state index in [1.165, 1.54) is 12.8 Å². The molecule has 0 bridgehead atoms. The fourth-order valence-corrected chi connectivity index (χ4v) is 7.54. The van der Waals surface area contributed by atoms with Gasteiger partial charge in [0.15, 0.2) is 0 Å². The molecule has 0 aromatic carbocycles. The number of halogens is 1. The molecule has 0 saturated carbocycles. The fourth-order valence-electron chi connectivity index (χ4n) is 2.33. The first-order chi connectivity index (χ1) is 5.69. The van der Waals surface area contributed by atoms with Crippen LogP contribution in [-0.4, -0.2) is 13.8 Å². The molecule has 1 heteroatoms. The first kappa shape index (κ1) is 10.8. The van der Waals surface area contributed by atoms with Crippen molar-refractivity contribution in [2.75, 3.05) is 13.8 Å². The second-order valence-corrected chi connectivity index (χ2v) is 10.1. The van der Waals surface area contributed by atoms with Gasteiger partial charge in [0.25, 0.3) is 0 Å². The molecule has 1 rings (SSSR count). The molecular formula is C11H23I. The first-order valence-corrected chi connectivity index (χ1v) is 10.4. The van der Waals surface area contributed by atoms with Crippen LogP contribution in [0.1, 0.15) is 33.6 Å². The van der Waals surface area contributed by atoms with Crippen molar-refractivity contribution >= 4 is 19.8 Å². The van der Waals surface area contributed by atoms with Crippen molar-refractivity contribution in [1.29, 1.82) is 0 Å². The van der Waals surface area contributed by atoms with Gasteiger partial charge in [-0.1, -0.05) is 0 Å². The standard InChI is InChI=1S/C11H23I/c1-5-10(6-2)9(3)11-7-12(4)8-11/h9-11H,5-8H2,1-4H3. The summed E-state index contributed by atoms with van der Waals surface area (Å²) in [5.74, 6) is 3.16. The Bertz CT molecular complexity index is 123. The molecule has 0 aromatic heterocycles. The van der Waals surface area contributed by atoms with Crippen LogP contribution in [0.3, 0.4) is 0 Å². The molecule has 0 nitrogen and oxygen atoms in total. The van der Waals surface area contributed by atoms with Crippen LogP contribution in [0.25, 0.3) is 0 Å². The van der Waals surface area contributed by atoms with E-state index in [2.05, 4.69) is 25.7 Å². The van der Waals surface area contributed by atoms with Crippen LogP contribution in [0, 0.1) is 17.8 Å². The topological polar surface area (TPSA) is 0 Å². The quantitative estimate of drug-likeness (QED) is 0.543. The maximum atomic E-state index is 2.54. The van der Waals surface area contributed by atoms with Crippen LogP contribution in [0.4, 0.5) is 0 Å². The van der Waals surface area contributed by atoms with Gasteiger partial charge in [-0.2, -0.15) is 0 Å². The zero-order valence-corrected chi connectivity index (χ0v) is 11.1. The summed E-state index contributed by atoms with van der Waals surface area (Å²) in [4.78, 5) is 2.54. The molecule has 12 heavy (non-hydrogen) atoms. The Morgan fingerprint density at radius 1 is 1.25 bits per heavy atom. The Hall–Kier alpha value is 0.730. The third kappa shape index (κ3) is 2.36. The third-order valence-corrected chi connectivity index (χ3v) is 8.73. The van der Waals surface area contributed by atoms with E-state index in [0.717, 1.165) is 17.8 Å². The summed E-state index contributed by atoms with van der Waals surface area (Å²) in [6.45, 7) is 7.20. The van der Waals surface area contributed by atoms with Crippen LogP contribution < -0.4 is 0 Å². The molecule has 0 aromatic rings. The second kappa shape index (κ2) is 4.83. The molecule has 0 amide bonds. The molecule has 1 atom stereocenters. The number of hydrogen-bond donors (Lipinski definition) is 0. The molecule has 0 aliphatic carbocycles. The van der Waals surface area contributed by atoms with Crippen molar-refractivity contribution in [3.8, 4) is 0 Å². The molecule has 1 aliphatic rings. The van der Waals surface area contributed by atoms with Crippen molar-refractivity contribution in [1.82, 2.24) is 0 Å². The fraction of sp³-hybridized carbons (Fsp3) is 1.00. The molecule has 0 N–H and O–H groups in total. The average Bonchev–Trinajstić information content (AvgIpc) is 2.01. The van der Waals surface area contributed by atoms with E-state index in [-0.39, 0.29) is 19.8 Å². The number of hydrogen-bond acceptors (Lipinski definition) is 0. The zero-order chi connectivity index (χ0) is 9.14. The van der Waals surface area contributed by atoms with Crippen LogP contribution in [0.2, 0.25) is 0 Å². The summed E-state index contributed by atoms with van der Waals surface area (Å²) in [5.41, 5.74) is 0. The van der Waals surface area contributed by atoms with Gasteiger partial charge in [-0.3, -0.25) is 0 Å². The van der Waals surface area contributed by atoms with E-state index >= 15 is 0 Å². The van der Waals surface area contributed by atoms with E-state index in [1.54, 1.807) is 8.86 Å². The van der Waals surface area contributed by atoms with Crippen molar-refractivity contribution in [2.45, 2.75) is 33.6 Å². The Morgan fingerprint density at radius 3 is 2.08 bits per heavy atom. The molecular weight excluding hydrogens is 259 g/mol. The SMILES string of the molecule is CCC(CC)C(C)C1CI(C)C1. The summed E-state index contributed by atoms with van der Waals surface area (Å²) in [6, 6.07) is 0. The van der Waals surface area contributed by atoms with Crippen LogP contribution in [-0.2, 0) is 0 Å². The van der Waals surface area contributed by atoms with Crippen LogP contribution in [0.5, 0.6) is 0 Å². The Kier molecular flexibility index (Phi) is 4.35. The van der Waals surface area contributed by atoms with Gasteiger partial charge < -0.3 is 0 Å². The molecule has 1 fully saturated rings. The van der Waals surface area contributed by atoms with E-state index in [4.69, 9.17) is 0 Å². The van der Waals surface area contributed by atoms with Crippen molar-refractivity contribution in [3.05, 3.63) is 0 Å². The Balaban J connectivity index is 2.30. The van der Waals surface area contributed by atoms with Gasteiger partial charge in [-0.15, -0.1) is 0 Å². The first-order valence-electron chi connectivity index (χ1n) is 5.20. The van der Waals surface area contributed by atoms with Crippen molar-refractivity contribution in [2.24, 2.45) is 17.8 Å². The maximum absolute atomic E-state index is 2.54. The predicted octanol–water partition coefficient (Wildman–Crippen LogP) is 3.82. The summed E-state index contributed by atoms with van der Waals surface area (Å²) in [6.07, 6.45) is 2.79. The monoisotopic (exact) mass is 282 g/mol. The summed E-state index contributed by atoms with van der Waals surface area (Å²) >= 11 is -0.296. The minimum absolute atomic E-state index is 0.296. The predicted molar refractivity (Wildman–Crippen MR) is 66.4 cm³/mol. The number of alkyl halides is 3. The Labute approximate surface area is 84.9 Å². The summed E-state index contributed by atoms with van der Waals surface area (Å²) in [7, 11) is 0. The summed E-state index contributed by atoms with van der Waals surface area (Å²) in [5, 5.41) is 0. The summed E-state index contributed by atoms with van der Waals surface area (Å²) < 4.78 is 3.31. The van der Waals surface area contributed by atoms with Crippen LogP contribution >= 0.6 is 19.8 Å². The van der Waals surface area contributed by atoms with E-state index < -0.39 is 0 Å². The molecule has 0 spiro atoms. The normalized spacial score (nSPS) is 24.2. The zero-order valence-electron chi connectivity index (χ0n) is 8.94. The molecule has 1 unspecified atom stereocenters. The van der Waals surface area contributed by atoms with Gasteiger partial charge in [-0.05, 0) is 0 Å². The van der Waals surface area contributed by atoms with Crippen molar-refractivity contribution in [3.63, 3.8) is 0 Å².